The quantitative estimate of drug-likeness (QED) is 0.312. The Morgan fingerprint density at radius 1 is 1.73 bits per heavy atom. The van der Waals surface area contributed by atoms with Gasteiger partial charge in [0, 0.05) is 6.20 Å². The van der Waals surface area contributed by atoms with Gasteiger partial charge in [0.1, 0.15) is 11.5 Å². The Labute approximate surface area is 62.8 Å². The van der Waals surface area contributed by atoms with Crippen LogP contribution in [0.4, 0.5) is 4.39 Å². The Balaban J connectivity index is 2.93. The Morgan fingerprint density at radius 3 is 3.00 bits per heavy atom. The summed E-state index contributed by atoms with van der Waals surface area (Å²) in [6.45, 7) is 0. The van der Waals surface area contributed by atoms with Crippen LogP contribution < -0.4 is 11.3 Å². The van der Waals surface area contributed by atoms with Crippen LogP contribution in [0.15, 0.2) is 18.3 Å². The van der Waals surface area contributed by atoms with Crippen molar-refractivity contribution in [2.45, 2.75) is 6.23 Å². The number of rotatable bonds is 2. The van der Waals surface area contributed by atoms with Crippen LogP contribution in [-0.4, -0.2) is 10.1 Å². The van der Waals surface area contributed by atoms with Gasteiger partial charge in [-0.15, -0.1) is 0 Å². The second-order valence-electron chi connectivity index (χ2n) is 1.94. The van der Waals surface area contributed by atoms with Gasteiger partial charge in [-0.1, -0.05) is 0 Å². The van der Waals surface area contributed by atoms with Gasteiger partial charge in [-0.2, -0.15) is 0 Å². The number of halogens is 1. The third-order valence-electron chi connectivity index (χ3n) is 1.20. The topological polar surface area (TPSA) is 71.2 Å². The molecular formula is C6H8FN3O. The molecule has 0 aliphatic heterocycles. The van der Waals surface area contributed by atoms with Crippen molar-refractivity contribution in [3.8, 4) is 0 Å². The van der Waals surface area contributed by atoms with Crippen LogP contribution in [0.2, 0.25) is 0 Å². The number of aliphatic hydroxyl groups excluding tert-OH is 1. The number of hydrogen-bond donors (Lipinski definition) is 3. The molecule has 0 aliphatic rings. The van der Waals surface area contributed by atoms with Gasteiger partial charge in [-0.05, 0) is 12.1 Å². The highest BCUT2D eigenvalue weighted by atomic mass is 19.1. The first-order valence-corrected chi connectivity index (χ1v) is 3.00. The molecule has 0 saturated heterocycles. The largest absolute Gasteiger partial charge is 0.371 e. The van der Waals surface area contributed by atoms with Crippen molar-refractivity contribution in [2.24, 2.45) is 5.84 Å². The summed E-state index contributed by atoms with van der Waals surface area (Å²) >= 11 is 0. The van der Waals surface area contributed by atoms with Crippen molar-refractivity contribution in [1.29, 1.82) is 0 Å². The van der Waals surface area contributed by atoms with Crippen LogP contribution in [0.5, 0.6) is 0 Å². The van der Waals surface area contributed by atoms with Crippen LogP contribution in [0.25, 0.3) is 0 Å². The molecule has 0 saturated carbocycles. The molecule has 0 bridgehead atoms. The average Bonchev–Trinajstić information content (AvgIpc) is 2.04. The smallest absolute Gasteiger partial charge is 0.163 e. The van der Waals surface area contributed by atoms with Gasteiger partial charge >= 0.3 is 0 Å². The average molecular weight is 157 g/mol. The Hall–Kier alpha value is -1.04. The van der Waals surface area contributed by atoms with Crippen LogP contribution in [0.1, 0.15) is 11.9 Å². The maximum Gasteiger partial charge on any atom is 0.163 e. The van der Waals surface area contributed by atoms with Crippen molar-refractivity contribution >= 4 is 0 Å². The van der Waals surface area contributed by atoms with Crippen molar-refractivity contribution in [3.05, 3.63) is 29.8 Å². The van der Waals surface area contributed by atoms with Gasteiger partial charge < -0.3 is 5.11 Å². The second-order valence-corrected chi connectivity index (χ2v) is 1.94. The monoisotopic (exact) mass is 157 g/mol. The normalized spacial score (nSPS) is 13.0. The molecule has 4 nitrogen and oxygen atoms in total. The molecule has 5 heteroatoms. The highest BCUT2D eigenvalue weighted by Gasteiger charge is 2.10. The molecule has 0 fully saturated rings. The molecule has 0 aromatic carbocycles. The molecule has 1 aromatic rings. The van der Waals surface area contributed by atoms with Crippen LogP contribution in [0, 0.1) is 5.82 Å². The van der Waals surface area contributed by atoms with Gasteiger partial charge in [0.2, 0.25) is 0 Å². The van der Waals surface area contributed by atoms with Crippen LogP contribution >= 0.6 is 0 Å². The Bertz CT molecular complexity index is 243. The summed E-state index contributed by atoms with van der Waals surface area (Å²) in [7, 11) is 0. The van der Waals surface area contributed by atoms with Gasteiger partial charge in [0.15, 0.2) is 6.23 Å². The van der Waals surface area contributed by atoms with Crippen LogP contribution in [0.3, 0.4) is 0 Å². The summed E-state index contributed by atoms with van der Waals surface area (Å²) in [5, 5.41) is 8.97. The van der Waals surface area contributed by atoms with E-state index in [2.05, 4.69) is 4.98 Å². The van der Waals surface area contributed by atoms with E-state index in [0.717, 1.165) is 0 Å². The molecule has 1 heterocycles. The summed E-state index contributed by atoms with van der Waals surface area (Å²) in [5.74, 6) is 4.28. The fourth-order valence-corrected chi connectivity index (χ4v) is 0.678. The molecule has 1 aromatic heterocycles. The molecule has 0 spiro atoms. The first kappa shape index (κ1) is 8.06. The van der Waals surface area contributed by atoms with Crippen molar-refractivity contribution < 1.29 is 9.50 Å². The maximum atomic E-state index is 12.7. The number of pyridine rings is 1. The van der Waals surface area contributed by atoms with E-state index >= 15 is 0 Å². The molecule has 0 unspecified atom stereocenters. The van der Waals surface area contributed by atoms with E-state index in [9.17, 15) is 4.39 Å². The highest BCUT2D eigenvalue weighted by Crippen LogP contribution is 2.08. The molecular weight excluding hydrogens is 149 g/mol. The van der Waals surface area contributed by atoms with E-state index in [-0.39, 0.29) is 5.69 Å². The number of aliphatic hydroxyl groups is 1. The van der Waals surface area contributed by atoms with E-state index in [1.807, 2.05) is 5.43 Å². The minimum absolute atomic E-state index is 0.102. The third kappa shape index (κ3) is 1.70. The second kappa shape index (κ2) is 3.38. The number of hydrazine groups is 1. The number of nitrogens with two attached hydrogens (primary N) is 1. The summed E-state index contributed by atoms with van der Waals surface area (Å²) < 4.78 is 12.7. The summed E-state index contributed by atoms with van der Waals surface area (Å²) in [6.07, 6.45) is 0.120. The number of aromatic nitrogens is 1. The third-order valence-corrected chi connectivity index (χ3v) is 1.20. The van der Waals surface area contributed by atoms with E-state index in [4.69, 9.17) is 10.9 Å². The van der Waals surface area contributed by atoms with Gasteiger partial charge in [0.25, 0.3) is 0 Å². The van der Waals surface area contributed by atoms with Crippen molar-refractivity contribution in [1.82, 2.24) is 10.4 Å². The summed E-state index contributed by atoms with van der Waals surface area (Å²) in [4.78, 5) is 3.58. The fourth-order valence-electron chi connectivity index (χ4n) is 0.678. The first-order chi connectivity index (χ1) is 5.25. The van der Waals surface area contributed by atoms with E-state index in [0.29, 0.717) is 0 Å². The van der Waals surface area contributed by atoms with Crippen molar-refractivity contribution in [3.63, 3.8) is 0 Å². The van der Waals surface area contributed by atoms with Crippen LogP contribution in [-0.2, 0) is 0 Å². The van der Waals surface area contributed by atoms with Crippen molar-refractivity contribution in [2.75, 3.05) is 0 Å². The zero-order valence-corrected chi connectivity index (χ0v) is 5.66. The molecule has 1 rings (SSSR count). The zero-order valence-electron chi connectivity index (χ0n) is 5.66. The van der Waals surface area contributed by atoms with E-state index in [1.165, 1.54) is 18.3 Å². The summed E-state index contributed by atoms with van der Waals surface area (Å²) in [5.41, 5.74) is 1.87. The fraction of sp³-hybridized carbons (Fsp3) is 0.167. The van der Waals surface area contributed by atoms with Gasteiger partial charge in [-0.25, -0.2) is 9.82 Å². The van der Waals surface area contributed by atoms with E-state index < -0.39 is 12.0 Å². The van der Waals surface area contributed by atoms with Gasteiger partial charge in [-0.3, -0.25) is 10.8 Å². The minimum atomic E-state index is -1.25. The molecule has 0 aliphatic carbocycles. The number of hydrogen-bond acceptors (Lipinski definition) is 4. The number of nitrogens with zero attached hydrogens (tertiary/aromatic N) is 1. The first-order valence-electron chi connectivity index (χ1n) is 3.00. The Kier molecular flexibility index (Phi) is 2.48. The zero-order chi connectivity index (χ0) is 8.27. The molecule has 0 radical (unpaired) electrons. The lowest BCUT2D eigenvalue weighted by Gasteiger charge is -2.07. The molecule has 1 atom stereocenters. The summed E-state index contributed by atoms with van der Waals surface area (Å²) in [6, 6.07) is 2.63. The minimum Gasteiger partial charge on any atom is -0.371 e. The molecule has 4 N–H and O–H groups in total. The lowest BCUT2D eigenvalue weighted by Crippen LogP contribution is -2.28. The lowest BCUT2D eigenvalue weighted by atomic mass is 10.3. The highest BCUT2D eigenvalue weighted by molar-refractivity contribution is 5.08. The molecule has 11 heavy (non-hydrogen) atoms. The predicted molar refractivity (Wildman–Crippen MR) is 36.5 cm³/mol. The SMILES string of the molecule is NN[C@@H](O)c1ncccc1F. The lowest BCUT2D eigenvalue weighted by molar-refractivity contribution is 0.131. The molecule has 0 amide bonds. The van der Waals surface area contributed by atoms with E-state index in [1.54, 1.807) is 0 Å². The predicted octanol–water partition coefficient (Wildman–Crippen LogP) is -0.325. The molecule has 60 valence electrons. The maximum absolute atomic E-state index is 12.7. The standard InChI is InChI=1S/C6H8FN3O/c7-4-2-1-3-9-5(4)6(11)10-8/h1-3,6,10-11H,8H2/t6-/m0/s1. The Morgan fingerprint density at radius 2 is 2.45 bits per heavy atom. The van der Waals surface area contributed by atoms with Gasteiger partial charge in [0.05, 0.1) is 0 Å². The number of nitrogens with one attached hydrogen (secondary N) is 1.